The molecule has 1 saturated heterocycles. The molecule has 1 aliphatic heterocycles. The van der Waals surface area contributed by atoms with Gasteiger partial charge in [0.15, 0.2) is 5.78 Å². The maximum absolute atomic E-state index is 12.2. The van der Waals surface area contributed by atoms with Gasteiger partial charge in [-0.05, 0) is 37.1 Å². The summed E-state index contributed by atoms with van der Waals surface area (Å²) in [6, 6.07) is 7.95. The number of Topliss-reactive ketones (excluding diaryl/α,β-unsaturated/α-hetero) is 1. The molecule has 0 atom stereocenters. The Morgan fingerprint density at radius 3 is 2.38 bits per heavy atom. The number of carbonyl (C=O) groups is 1. The number of hydrogen-bond acceptors (Lipinski definition) is 6. The van der Waals surface area contributed by atoms with Crippen LogP contribution in [0.4, 0.5) is 17.5 Å². The van der Waals surface area contributed by atoms with Gasteiger partial charge in [0.1, 0.15) is 5.82 Å². The van der Waals surface area contributed by atoms with E-state index in [0.29, 0.717) is 17.8 Å². The smallest absolute Gasteiger partial charge is 0.227 e. The molecule has 136 valence electrons. The van der Waals surface area contributed by atoms with Gasteiger partial charge in [-0.3, -0.25) is 4.79 Å². The lowest BCUT2D eigenvalue weighted by Gasteiger charge is -2.36. The van der Waals surface area contributed by atoms with Gasteiger partial charge in [0, 0.05) is 50.4 Å². The van der Waals surface area contributed by atoms with E-state index in [1.54, 1.807) is 0 Å². The molecule has 7 heteroatoms. The number of ketones is 1. The highest BCUT2D eigenvalue weighted by atomic mass is 35.5. The van der Waals surface area contributed by atoms with Crippen LogP contribution in [-0.4, -0.2) is 49.0 Å². The fourth-order valence-corrected chi connectivity index (χ4v) is 3.77. The van der Waals surface area contributed by atoms with Crippen molar-refractivity contribution in [3.05, 3.63) is 40.5 Å². The summed E-state index contributed by atoms with van der Waals surface area (Å²) in [5, 5.41) is 3.84. The maximum atomic E-state index is 12.2. The highest BCUT2D eigenvalue weighted by Gasteiger charge is 2.26. The van der Waals surface area contributed by atoms with E-state index < -0.39 is 0 Å². The van der Waals surface area contributed by atoms with E-state index in [4.69, 9.17) is 16.6 Å². The monoisotopic (exact) mass is 371 g/mol. The third-order valence-corrected chi connectivity index (χ3v) is 5.31. The molecule has 2 aromatic rings. The zero-order chi connectivity index (χ0) is 18.1. The minimum atomic E-state index is 0.148. The van der Waals surface area contributed by atoms with Crippen LogP contribution in [0.3, 0.4) is 0 Å². The molecule has 0 radical (unpaired) electrons. The average Bonchev–Trinajstić information content (AvgIpc) is 2.68. The first kappa shape index (κ1) is 17.1. The Bertz CT molecular complexity index is 798. The molecule has 4 rings (SSSR count). The molecule has 0 saturated carbocycles. The van der Waals surface area contributed by atoms with Crippen LogP contribution >= 0.6 is 11.6 Å². The Hall–Kier alpha value is -2.34. The lowest BCUT2D eigenvalue weighted by Crippen LogP contribution is -2.47. The minimum Gasteiger partial charge on any atom is -0.372 e. The Balaban J connectivity index is 1.52. The van der Waals surface area contributed by atoms with E-state index in [-0.39, 0.29) is 5.78 Å². The summed E-state index contributed by atoms with van der Waals surface area (Å²) < 4.78 is 0. The summed E-state index contributed by atoms with van der Waals surface area (Å²) in [6.07, 6.45) is 2.30. The van der Waals surface area contributed by atoms with Gasteiger partial charge in [-0.1, -0.05) is 11.6 Å². The van der Waals surface area contributed by atoms with Crippen molar-refractivity contribution >= 4 is 34.8 Å². The van der Waals surface area contributed by atoms with E-state index in [1.165, 1.54) is 5.69 Å². The molecule has 1 fully saturated rings. The number of fused-ring (bicyclic) bond motifs is 1. The first-order valence-electron chi connectivity index (χ1n) is 9.03. The quantitative estimate of drug-likeness (QED) is 0.894. The number of aromatic nitrogens is 2. The zero-order valence-corrected chi connectivity index (χ0v) is 15.6. The van der Waals surface area contributed by atoms with Crippen molar-refractivity contribution < 1.29 is 4.79 Å². The topological polar surface area (TPSA) is 61.4 Å². The summed E-state index contributed by atoms with van der Waals surface area (Å²) in [6.45, 7) is 3.49. The molecular weight excluding hydrogens is 350 g/mol. The second kappa shape index (κ2) is 7.11. The van der Waals surface area contributed by atoms with Crippen LogP contribution < -0.4 is 15.1 Å². The number of carbonyl (C=O) groups excluding carboxylic acids is 1. The molecule has 1 aliphatic carbocycles. The van der Waals surface area contributed by atoms with Crippen molar-refractivity contribution in [2.75, 3.05) is 48.3 Å². The second-order valence-electron chi connectivity index (χ2n) is 6.67. The number of aryl methyl sites for hydroxylation is 1. The number of rotatable bonds is 3. The van der Waals surface area contributed by atoms with E-state index in [1.807, 2.05) is 19.2 Å². The van der Waals surface area contributed by atoms with Crippen molar-refractivity contribution in [2.24, 2.45) is 0 Å². The van der Waals surface area contributed by atoms with Gasteiger partial charge < -0.3 is 15.1 Å². The molecule has 2 aliphatic rings. The van der Waals surface area contributed by atoms with Gasteiger partial charge in [0.2, 0.25) is 5.95 Å². The van der Waals surface area contributed by atoms with Crippen LogP contribution in [0.5, 0.6) is 0 Å². The van der Waals surface area contributed by atoms with Gasteiger partial charge in [-0.15, -0.1) is 0 Å². The van der Waals surface area contributed by atoms with Crippen LogP contribution in [0.15, 0.2) is 24.3 Å². The molecule has 2 heterocycles. The largest absolute Gasteiger partial charge is 0.372 e. The summed E-state index contributed by atoms with van der Waals surface area (Å²) in [4.78, 5) is 26.1. The fourth-order valence-electron chi connectivity index (χ4n) is 3.65. The molecule has 0 spiro atoms. The third-order valence-electron chi connectivity index (χ3n) is 5.06. The summed E-state index contributed by atoms with van der Waals surface area (Å²) in [5.41, 5.74) is 2.75. The van der Waals surface area contributed by atoms with Gasteiger partial charge in [-0.2, -0.15) is 4.98 Å². The molecular formula is C19H22ClN5O. The molecule has 1 aromatic heterocycles. The fraction of sp³-hybridized carbons (Fsp3) is 0.421. The molecule has 1 aromatic carbocycles. The highest BCUT2D eigenvalue weighted by molar-refractivity contribution is 6.30. The number of piperazine rings is 1. The summed E-state index contributed by atoms with van der Waals surface area (Å²) in [5.74, 6) is 1.53. The van der Waals surface area contributed by atoms with Crippen LogP contribution in [0.25, 0.3) is 0 Å². The lowest BCUT2D eigenvalue weighted by molar-refractivity contribution is 0.0972. The highest BCUT2D eigenvalue weighted by Crippen LogP contribution is 2.28. The number of nitrogens with one attached hydrogen (secondary N) is 1. The van der Waals surface area contributed by atoms with Gasteiger partial charge in [-0.25, -0.2) is 4.98 Å². The van der Waals surface area contributed by atoms with E-state index in [2.05, 4.69) is 32.2 Å². The number of nitrogens with zero attached hydrogens (tertiary/aromatic N) is 4. The van der Waals surface area contributed by atoms with Crippen molar-refractivity contribution in [1.82, 2.24) is 9.97 Å². The van der Waals surface area contributed by atoms with Crippen molar-refractivity contribution in [1.29, 1.82) is 0 Å². The predicted molar refractivity (Wildman–Crippen MR) is 105 cm³/mol. The lowest BCUT2D eigenvalue weighted by atomic mass is 9.95. The summed E-state index contributed by atoms with van der Waals surface area (Å²) >= 11 is 5.98. The number of halogens is 1. The predicted octanol–water partition coefficient (Wildman–Crippen LogP) is 3.02. The zero-order valence-electron chi connectivity index (χ0n) is 14.8. The Kier molecular flexibility index (Phi) is 4.68. The number of anilines is 3. The minimum absolute atomic E-state index is 0.148. The molecule has 26 heavy (non-hydrogen) atoms. The van der Waals surface area contributed by atoms with Crippen molar-refractivity contribution in [2.45, 2.75) is 19.3 Å². The molecule has 0 unspecified atom stereocenters. The molecule has 1 N–H and O–H groups in total. The van der Waals surface area contributed by atoms with Gasteiger partial charge in [0.25, 0.3) is 0 Å². The van der Waals surface area contributed by atoms with Gasteiger partial charge in [0.05, 0.1) is 11.3 Å². The van der Waals surface area contributed by atoms with Crippen LogP contribution in [0.2, 0.25) is 5.02 Å². The first-order chi connectivity index (χ1) is 12.7. The standard InChI is InChI=1S/C19H22ClN5O/c1-21-18-17-15(3-2-4-16(17)26)22-19(23-18)25-11-9-24(10-12-25)14-7-5-13(20)6-8-14/h5-8H,2-4,9-12H2,1H3,(H,21,22,23). The second-order valence-corrected chi connectivity index (χ2v) is 7.11. The molecule has 0 amide bonds. The normalized spacial score (nSPS) is 17.2. The summed E-state index contributed by atoms with van der Waals surface area (Å²) in [7, 11) is 1.81. The van der Waals surface area contributed by atoms with Crippen molar-refractivity contribution in [3.63, 3.8) is 0 Å². The van der Waals surface area contributed by atoms with Crippen LogP contribution in [0.1, 0.15) is 28.9 Å². The Labute approximate surface area is 158 Å². The SMILES string of the molecule is CNc1nc(N2CCN(c3ccc(Cl)cc3)CC2)nc2c1C(=O)CCC2. The molecule has 6 nitrogen and oxygen atoms in total. The van der Waals surface area contributed by atoms with Crippen LogP contribution in [0, 0.1) is 0 Å². The van der Waals surface area contributed by atoms with Crippen LogP contribution in [-0.2, 0) is 6.42 Å². The van der Waals surface area contributed by atoms with Crippen molar-refractivity contribution in [3.8, 4) is 0 Å². The maximum Gasteiger partial charge on any atom is 0.227 e. The van der Waals surface area contributed by atoms with E-state index in [0.717, 1.165) is 55.7 Å². The first-order valence-corrected chi connectivity index (χ1v) is 9.41. The number of hydrogen-bond donors (Lipinski definition) is 1. The average molecular weight is 372 g/mol. The molecule has 0 bridgehead atoms. The Morgan fingerprint density at radius 1 is 1.00 bits per heavy atom. The number of benzene rings is 1. The van der Waals surface area contributed by atoms with Gasteiger partial charge >= 0.3 is 0 Å². The van der Waals surface area contributed by atoms with E-state index >= 15 is 0 Å². The Morgan fingerprint density at radius 2 is 1.69 bits per heavy atom. The third kappa shape index (κ3) is 3.21. The van der Waals surface area contributed by atoms with E-state index in [9.17, 15) is 4.79 Å².